The van der Waals surface area contributed by atoms with E-state index in [1.807, 2.05) is 146 Å². The summed E-state index contributed by atoms with van der Waals surface area (Å²) in [6, 6.07) is 65.4. The fourth-order valence-corrected chi connectivity index (χ4v) is 15.4. The molecule has 344 valence electrons. The molecule has 0 radical (unpaired) electrons. The van der Waals surface area contributed by atoms with Gasteiger partial charge in [0.2, 0.25) is 11.8 Å². The number of nitrogens with zero attached hydrogens (tertiary/aromatic N) is 5. The first kappa shape index (κ1) is 46.3. The van der Waals surface area contributed by atoms with E-state index in [-0.39, 0.29) is 35.9 Å². The number of aromatic nitrogens is 3. The van der Waals surface area contributed by atoms with Crippen LogP contribution in [0.4, 0.5) is 5.69 Å². The maximum Gasteiger partial charge on any atom is 0.356 e. The quantitative estimate of drug-likeness (QED) is 0.0231. The maximum atomic E-state index is 16.0. The Hall–Kier alpha value is -7.86. The van der Waals surface area contributed by atoms with Crippen LogP contribution in [0.5, 0.6) is 5.88 Å². The van der Waals surface area contributed by atoms with E-state index in [9.17, 15) is 14.9 Å². The van der Waals surface area contributed by atoms with Gasteiger partial charge in [-0.05, 0) is 50.3 Å². The van der Waals surface area contributed by atoms with Crippen molar-refractivity contribution in [2.45, 2.75) is 30.1 Å². The van der Waals surface area contributed by atoms with Crippen LogP contribution in [0.2, 0.25) is 0 Å². The fraction of sp³-hybridized carbons (Fsp3) is 0.127. The second-order valence-corrected chi connectivity index (χ2v) is 21.0. The van der Waals surface area contributed by atoms with E-state index in [0.29, 0.717) is 11.3 Å². The Bertz CT molecular complexity index is 2960. The highest BCUT2D eigenvalue weighted by atomic mass is 32.2. The molecule has 9 rings (SSSR count). The van der Waals surface area contributed by atoms with E-state index in [1.54, 1.807) is 24.1 Å². The highest BCUT2D eigenvalue weighted by Crippen LogP contribution is 2.57. The van der Waals surface area contributed by atoms with Crippen LogP contribution in [0.1, 0.15) is 34.9 Å². The summed E-state index contributed by atoms with van der Waals surface area (Å²) in [7, 11) is 1.62. The Kier molecular flexibility index (Phi) is 13.5. The molecule has 1 aromatic heterocycles. The summed E-state index contributed by atoms with van der Waals surface area (Å²) in [5.74, 6) is -2.41. The van der Waals surface area contributed by atoms with Crippen molar-refractivity contribution < 1.29 is 28.8 Å². The number of carbonyl (C=O) groups excluding carboxylic acids is 3. The number of ether oxygens (including phenoxy) is 2. The average molecular weight is 952 g/mol. The number of esters is 2. The fourth-order valence-electron chi connectivity index (χ4n) is 9.06. The van der Waals surface area contributed by atoms with Crippen molar-refractivity contribution >= 4 is 63.5 Å². The lowest BCUT2D eigenvalue weighted by Gasteiger charge is -2.52. The summed E-state index contributed by atoms with van der Waals surface area (Å²) in [6.07, 6.45) is 0.0104. The van der Waals surface area contributed by atoms with Crippen molar-refractivity contribution in [3.8, 4) is 5.88 Å². The lowest BCUT2D eigenvalue weighted by Crippen LogP contribution is -2.66. The Morgan fingerprint density at radius 1 is 0.681 bits per heavy atom. The number of β-lactam (4-membered cyclic amide) rings is 1. The molecule has 7 aromatic carbocycles. The van der Waals surface area contributed by atoms with E-state index in [2.05, 4.69) is 46.7 Å². The molecular formula is C55H46N5O7PS. The molecule has 1 aliphatic heterocycles. The molecule has 2 unspecified atom stereocenters. The molecule has 12 nitrogen and oxygen atoms in total. The predicted molar refractivity (Wildman–Crippen MR) is 270 cm³/mol. The Labute approximate surface area is 403 Å². The largest absolute Gasteiger partial charge is 0.456 e. The minimum atomic E-state index is -3.43. The number of amides is 1. The van der Waals surface area contributed by atoms with Gasteiger partial charge in [-0.2, -0.15) is 0 Å². The van der Waals surface area contributed by atoms with Gasteiger partial charge in [0.15, 0.2) is 0 Å². The number of carbonyl (C=O) groups is 3. The van der Waals surface area contributed by atoms with Gasteiger partial charge in [0.25, 0.3) is 5.69 Å². The van der Waals surface area contributed by atoms with Crippen molar-refractivity contribution in [1.82, 2.24) is 19.9 Å². The molecule has 8 aromatic rings. The van der Waals surface area contributed by atoms with Gasteiger partial charge in [0.1, 0.15) is 17.7 Å². The molecule has 2 atom stereocenters. The maximum absolute atomic E-state index is 16.0. The highest BCUT2D eigenvalue weighted by Gasteiger charge is 2.57. The zero-order valence-electron chi connectivity index (χ0n) is 37.6. The molecule has 2 heterocycles. The van der Waals surface area contributed by atoms with E-state index in [0.717, 1.165) is 32.6 Å². The molecule has 0 saturated carbocycles. The normalized spacial score (nSPS) is 14.6. The van der Waals surface area contributed by atoms with Crippen LogP contribution in [-0.4, -0.2) is 53.5 Å². The van der Waals surface area contributed by atoms with Crippen LogP contribution < -0.4 is 20.7 Å². The number of rotatable bonds is 16. The van der Waals surface area contributed by atoms with Crippen LogP contribution in [0.25, 0.3) is 0 Å². The first-order valence-corrected chi connectivity index (χ1v) is 24.9. The highest BCUT2D eigenvalue weighted by molar-refractivity contribution is 8.01. The minimum absolute atomic E-state index is 0.0104. The summed E-state index contributed by atoms with van der Waals surface area (Å²) in [5.41, 5.74) is 3.67. The number of thioether (sulfide) groups is 1. The standard InChI is InChI=1S/C55H46N5O7PS/c1-39(61)67-51-49(56-57-58(51)2)37-48-50(62)59(53(48)69-55(41-21-9-3-10-22-41,42-23-11-4-12-24-42)43-25-13-5-14-26-43)52(54(63)66-38-40-33-35-44(36-34-40)60(64)65)68(45-27-15-6-16-28-45,46-29-17-7-18-30-46)47-31-19-8-20-32-47/h3-36,48,53H,37-38H2,1-2H3. The third kappa shape index (κ3) is 8.90. The lowest BCUT2D eigenvalue weighted by atomic mass is 9.84. The molecule has 14 heteroatoms. The molecule has 1 amide bonds. The predicted octanol–water partition coefficient (Wildman–Crippen LogP) is 8.57. The molecule has 69 heavy (non-hydrogen) atoms. The molecular weight excluding hydrogens is 906 g/mol. The van der Waals surface area contributed by atoms with Crippen molar-refractivity contribution in [2.24, 2.45) is 13.0 Å². The number of nitro benzene ring substituents is 1. The summed E-state index contributed by atoms with van der Waals surface area (Å²) in [6.45, 7) is -2.38. The van der Waals surface area contributed by atoms with E-state index < -0.39 is 39.8 Å². The van der Waals surface area contributed by atoms with E-state index >= 15 is 9.59 Å². The van der Waals surface area contributed by atoms with Crippen molar-refractivity contribution in [2.75, 3.05) is 0 Å². The van der Waals surface area contributed by atoms with Crippen LogP contribution in [0.15, 0.2) is 206 Å². The molecule has 0 aliphatic carbocycles. The van der Waals surface area contributed by atoms with Gasteiger partial charge in [-0.3, -0.25) is 24.6 Å². The SMILES string of the molecule is CC(=O)Oc1c(CC2C(=O)N(C(C(=O)OCc3ccc([N+](=O)[O-])cc3)=P(c3ccccc3)(c3ccccc3)c3ccccc3)C2SC(c2ccccc2)(c2ccccc2)c2ccccc2)nnn1C. The van der Waals surface area contributed by atoms with Gasteiger partial charge in [0.05, 0.1) is 21.0 Å². The van der Waals surface area contributed by atoms with Crippen molar-refractivity contribution in [3.05, 3.63) is 244 Å². The van der Waals surface area contributed by atoms with Crippen LogP contribution in [-0.2, 0) is 43.9 Å². The van der Waals surface area contributed by atoms with Gasteiger partial charge in [-0.1, -0.05) is 187 Å². The molecule has 0 bridgehead atoms. The summed E-state index contributed by atoms with van der Waals surface area (Å²) in [4.78, 5) is 57.1. The molecule has 1 saturated heterocycles. The molecule has 1 fully saturated rings. The Morgan fingerprint density at radius 2 is 1.12 bits per heavy atom. The zero-order chi connectivity index (χ0) is 48.0. The number of non-ortho nitro benzene ring substituents is 1. The van der Waals surface area contributed by atoms with E-state index in [1.165, 1.54) is 35.5 Å². The minimum Gasteiger partial charge on any atom is -0.456 e. The second-order valence-electron chi connectivity index (χ2n) is 16.4. The number of likely N-dealkylation sites (tertiary alicyclic amines) is 1. The van der Waals surface area contributed by atoms with Crippen LogP contribution >= 0.6 is 18.6 Å². The summed E-state index contributed by atoms with van der Waals surface area (Å²) < 4.78 is 12.4. The van der Waals surface area contributed by atoms with Crippen LogP contribution in [0, 0.1) is 16.0 Å². The van der Waals surface area contributed by atoms with Gasteiger partial charge in [0, 0.05) is 39.4 Å². The van der Waals surface area contributed by atoms with Crippen molar-refractivity contribution in [3.63, 3.8) is 0 Å². The lowest BCUT2D eigenvalue weighted by molar-refractivity contribution is -0.384. The first-order valence-electron chi connectivity index (χ1n) is 22.2. The Balaban J connectivity index is 1.35. The zero-order valence-corrected chi connectivity index (χ0v) is 39.4. The molecule has 0 spiro atoms. The van der Waals surface area contributed by atoms with Gasteiger partial charge < -0.3 is 9.47 Å². The molecule has 1 aliphatic rings. The smallest absolute Gasteiger partial charge is 0.356 e. The third-order valence-corrected chi connectivity index (χ3v) is 18.3. The Morgan fingerprint density at radius 3 is 1.54 bits per heavy atom. The summed E-state index contributed by atoms with van der Waals surface area (Å²) >= 11 is 1.54. The van der Waals surface area contributed by atoms with Gasteiger partial charge in [-0.15, -0.1) is 16.9 Å². The molecule has 0 N–H and O–H groups in total. The monoisotopic (exact) mass is 951 g/mol. The summed E-state index contributed by atoms with van der Waals surface area (Å²) in [5, 5.41) is 21.8. The topological polar surface area (TPSA) is 147 Å². The average Bonchev–Trinajstić information content (AvgIpc) is 3.74. The second kappa shape index (κ2) is 20.2. The first-order chi connectivity index (χ1) is 33.6. The number of hydrogen-bond acceptors (Lipinski definition) is 10. The van der Waals surface area contributed by atoms with E-state index in [4.69, 9.17) is 9.47 Å². The third-order valence-electron chi connectivity index (χ3n) is 12.2. The number of hydrogen-bond donors (Lipinski definition) is 0. The number of nitro groups is 1. The van der Waals surface area contributed by atoms with Crippen LogP contribution in [0.3, 0.4) is 0 Å². The number of aryl methyl sites for hydroxylation is 1. The van der Waals surface area contributed by atoms with Crippen molar-refractivity contribution in [1.29, 1.82) is 0 Å². The van der Waals surface area contributed by atoms with Gasteiger partial charge in [-0.25, -0.2) is 9.48 Å². The van der Waals surface area contributed by atoms with Gasteiger partial charge >= 0.3 is 11.9 Å². The number of benzene rings is 7.